The molecule has 0 amide bonds. The van der Waals surface area contributed by atoms with Gasteiger partial charge in [0.05, 0.1) is 21.9 Å². The smallest absolute Gasteiger partial charge is 0.164 e. The van der Waals surface area contributed by atoms with Gasteiger partial charge in [-0.3, -0.25) is 9.98 Å². The predicted molar refractivity (Wildman–Crippen MR) is 212 cm³/mol. The van der Waals surface area contributed by atoms with E-state index in [1.165, 1.54) is 0 Å². The van der Waals surface area contributed by atoms with Crippen LogP contribution in [0.15, 0.2) is 180 Å². The molecule has 0 saturated heterocycles. The number of pyridine rings is 1. The fourth-order valence-electron chi connectivity index (χ4n) is 7.23. The van der Waals surface area contributed by atoms with Gasteiger partial charge in [0, 0.05) is 44.0 Å². The Morgan fingerprint density at radius 2 is 0.868 bits per heavy atom. The van der Waals surface area contributed by atoms with Gasteiger partial charge in [-0.1, -0.05) is 152 Å². The van der Waals surface area contributed by atoms with E-state index in [0.717, 1.165) is 82.6 Å². The number of aromatic nitrogens is 4. The first-order chi connectivity index (χ1) is 26.3. The third-order valence-corrected chi connectivity index (χ3v) is 9.79. The summed E-state index contributed by atoms with van der Waals surface area (Å²) in [5.74, 6) is 1.85. The topological polar surface area (TPSA) is 76.3 Å². The Balaban J connectivity index is 1.11. The molecule has 1 aliphatic rings. The van der Waals surface area contributed by atoms with Gasteiger partial charge in [0.15, 0.2) is 17.5 Å². The molecule has 0 bridgehead atoms. The minimum atomic E-state index is 0.401. The second-order valence-corrected chi connectivity index (χ2v) is 13.0. The predicted octanol–water partition coefficient (Wildman–Crippen LogP) is 9.79. The van der Waals surface area contributed by atoms with Gasteiger partial charge < -0.3 is 0 Å². The van der Waals surface area contributed by atoms with E-state index in [1.807, 2.05) is 48.5 Å². The third-order valence-electron chi connectivity index (χ3n) is 9.79. The molecule has 6 nitrogen and oxygen atoms in total. The summed E-state index contributed by atoms with van der Waals surface area (Å²) in [6, 6.07) is 58.1. The van der Waals surface area contributed by atoms with Crippen molar-refractivity contribution < 1.29 is 0 Å². The summed E-state index contributed by atoms with van der Waals surface area (Å²) >= 11 is 0. The summed E-state index contributed by atoms with van der Waals surface area (Å²) in [6.07, 6.45) is 0. The van der Waals surface area contributed by atoms with Crippen molar-refractivity contribution in [2.75, 3.05) is 6.67 Å². The highest BCUT2D eigenvalue weighted by molar-refractivity contribution is 6.11. The van der Waals surface area contributed by atoms with Gasteiger partial charge in [0.25, 0.3) is 0 Å². The second-order valence-electron chi connectivity index (χ2n) is 13.0. The van der Waals surface area contributed by atoms with Crippen LogP contribution in [0.4, 0.5) is 0 Å². The fraction of sp³-hybridized carbons (Fsp3) is 0.0213. The lowest BCUT2D eigenvalue weighted by Gasteiger charge is -2.13. The van der Waals surface area contributed by atoms with Crippen LogP contribution in [0.3, 0.4) is 0 Å². The molecule has 2 aromatic heterocycles. The fourth-order valence-corrected chi connectivity index (χ4v) is 7.23. The Morgan fingerprint density at radius 1 is 0.340 bits per heavy atom. The zero-order valence-electron chi connectivity index (χ0n) is 28.6. The maximum absolute atomic E-state index is 5.18. The molecule has 7 aromatic carbocycles. The molecule has 0 N–H and O–H groups in total. The summed E-state index contributed by atoms with van der Waals surface area (Å²) in [5.41, 5.74) is 10.00. The molecule has 0 unspecified atom stereocenters. The first kappa shape index (κ1) is 30.6. The van der Waals surface area contributed by atoms with Crippen molar-refractivity contribution in [3.05, 3.63) is 181 Å². The third kappa shape index (κ3) is 5.54. The summed E-state index contributed by atoms with van der Waals surface area (Å²) < 4.78 is 0. The average Bonchev–Trinajstić information content (AvgIpc) is 3.74. The highest BCUT2D eigenvalue weighted by Crippen LogP contribution is 2.34. The number of rotatable bonds is 6. The number of fused-ring (bicyclic) bond motifs is 5. The van der Waals surface area contributed by atoms with Crippen molar-refractivity contribution in [2.24, 2.45) is 9.98 Å². The van der Waals surface area contributed by atoms with Gasteiger partial charge in [-0.25, -0.2) is 19.9 Å². The van der Waals surface area contributed by atoms with E-state index in [1.54, 1.807) is 0 Å². The molecular weight excluding hydrogens is 649 g/mol. The van der Waals surface area contributed by atoms with E-state index in [2.05, 4.69) is 121 Å². The van der Waals surface area contributed by atoms with Crippen LogP contribution >= 0.6 is 0 Å². The molecule has 6 heteroatoms. The molecule has 9 aromatic rings. The molecule has 248 valence electrons. The monoisotopic (exact) mass is 678 g/mol. The van der Waals surface area contributed by atoms with E-state index in [-0.39, 0.29) is 0 Å². The zero-order chi connectivity index (χ0) is 35.1. The highest BCUT2D eigenvalue weighted by Gasteiger charge is 2.19. The molecule has 53 heavy (non-hydrogen) atoms. The average molecular weight is 679 g/mol. The van der Waals surface area contributed by atoms with Crippen LogP contribution in [-0.4, -0.2) is 26.6 Å². The van der Waals surface area contributed by atoms with Crippen LogP contribution in [-0.2, 0) is 0 Å². The van der Waals surface area contributed by atoms with Crippen LogP contribution in [0.5, 0.6) is 0 Å². The van der Waals surface area contributed by atoms with Gasteiger partial charge in [0.2, 0.25) is 0 Å². The molecular formula is C47H30N6. The van der Waals surface area contributed by atoms with E-state index in [4.69, 9.17) is 29.9 Å². The van der Waals surface area contributed by atoms with Crippen molar-refractivity contribution in [2.45, 2.75) is 0 Å². The van der Waals surface area contributed by atoms with E-state index in [0.29, 0.717) is 24.1 Å². The van der Waals surface area contributed by atoms with E-state index in [9.17, 15) is 0 Å². The lowest BCUT2D eigenvalue weighted by molar-refractivity contribution is 1.06. The largest absolute Gasteiger partial charge is 0.259 e. The van der Waals surface area contributed by atoms with Crippen LogP contribution in [0.25, 0.3) is 89.4 Å². The first-order valence-electron chi connectivity index (χ1n) is 17.6. The number of hydrogen-bond donors (Lipinski definition) is 0. The minimum Gasteiger partial charge on any atom is -0.259 e. The number of nitrogens with zero attached hydrogens (tertiary/aromatic N) is 6. The molecule has 0 saturated carbocycles. The highest BCUT2D eigenvalue weighted by atomic mass is 15.0. The van der Waals surface area contributed by atoms with Gasteiger partial charge in [-0.05, 0) is 34.9 Å². The van der Waals surface area contributed by atoms with Crippen LogP contribution in [0, 0.1) is 0 Å². The van der Waals surface area contributed by atoms with E-state index >= 15 is 0 Å². The summed E-state index contributed by atoms with van der Waals surface area (Å²) in [5, 5.41) is 5.06. The van der Waals surface area contributed by atoms with Crippen molar-refractivity contribution >= 4 is 21.7 Å². The SMILES string of the molecule is c1ccc(-c2cccc(-c3nc(-c4ccccc4)nc(-c4ccc(-c5cc6c(-c7ccccc7)nc7ccccc7c6c6c5=NCN=6)cc4)n3)c2)cc1. The van der Waals surface area contributed by atoms with Crippen LogP contribution in [0.1, 0.15) is 0 Å². The van der Waals surface area contributed by atoms with Gasteiger partial charge in [-0.15, -0.1) is 0 Å². The molecule has 0 spiro atoms. The Bertz CT molecular complexity index is 2950. The Labute approximate surface area is 305 Å². The maximum atomic E-state index is 5.18. The number of hydrogen-bond acceptors (Lipinski definition) is 6. The van der Waals surface area contributed by atoms with E-state index < -0.39 is 0 Å². The summed E-state index contributed by atoms with van der Waals surface area (Å²) in [6.45, 7) is 0.401. The number of para-hydroxylation sites is 1. The van der Waals surface area contributed by atoms with Crippen molar-refractivity contribution in [3.63, 3.8) is 0 Å². The second kappa shape index (κ2) is 12.9. The summed E-state index contributed by atoms with van der Waals surface area (Å²) in [7, 11) is 0. The summed E-state index contributed by atoms with van der Waals surface area (Å²) in [4.78, 5) is 30.0. The standard InChI is InChI=1S/C47H30N6/c1-4-13-30(14-5-1)35-19-12-20-36(27-35)47-52-45(33-17-8-3-9-18-33)51-46(53-47)34-25-23-31(24-26-34)38-28-39-41(44-43(38)48-29-49-44)37-21-10-11-22-40(37)50-42(39)32-15-6-2-7-16-32/h1-28H,29H2. The lowest BCUT2D eigenvalue weighted by atomic mass is 9.94. The van der Waals surface area contributed by atoms with Crippen molar-refractivity contribution in [3.8, 4) is 67.7 Å². The van der Waals surface area contributed by atoms with Crippen LogP contribution in [0.2, 0.25) is 0 Å². The van der Waals surface area contributed by atoms with Crippen molar-refractivity contribution in [1.82, 2.24) is 19.9 Å². The minimum absolute atomic E-state index is 0.401. The maximum Gasteiger partial charge on any atom is 0.164 e. The molecule has 0 radical (unpaired) electrons. The van der Waals surface area contributed by atoms with Gasteiger partial charge >= 0.3 is 0 Å². The molecule has 3 heterocycles. The first-order valence-corrected chi connectivity index (χ1v) is 17.6. The van der Waals surface area contributed by atoms with Gasteiger partial charge in [-0.2, -0.15) is 0 Å². The molecule has 0 aliphatic carbocycles. The number of benzene rings is 7. The molecule has 1 aliphatic heterocycles. The molecule has 0 atom stereocenters. The Kier molecular flexibility index (Phi) is 7.43. The van der Waals surface area contributed by atoms with Gasteiger partial charge in [0.1, 0.15) is 6.67 Å². The Morgan fingerprint density at radius 3 is 1.58 bits per heavy atom. The lowest BCUT2D eigenvalue weighted by Crippen LogP contribution is -2.25. The van der Waals surface area contributed by atoms with Crippen LogP contribution < -0.4 is 10.7 Å². The normalized spacial score (nSPS) is 12.0. The Hall–Kier alpha value is -7.18. The zero-order valence-corrected chi connectivity index (χ0v) is 28.6. The van der Waals surface area contributed by atoms with Crippen molar-refractivity contribution in [1.29, 1.82) is 0 Å². The molecule has 10 rings (SSSR count). The molecule has 0 fully saturated rings. The quantitative estimate of drug-likeness (QED) is 0.164.